The molecule has 1 aliphatic rings. The molecule has 0 bridgehead atoms. The quantitative estimate of drug-likeness (QED) is 0.691. The van der Waals surface area contributed by atoms with Crippen molar-refractivity contribution in [2.75, 3.05) is 29.9 Å². The average molecular weight is 396 g/mol. The number of carbonyl (C=O) groups is 1. The Hall–Kier alpha value is -2.04. The zero-order chi connectivity index (χ0) is 18.6. The maximum atomic E-state index is 12.2. The van der Waals surface area contributed by atoms with Crippen LogP contribution < -0.4 is 14.9 Å². The molecule has 1 aliphatic heterocycles. The first-order valence-electron chi connectivity index (χ1n) is 8.39. The van der Waals surface area contributed by atoms with E-state index >= 15 is 0 Å². The number of nitrogens with one attached hydrogen (secondary N) is 2. The van der Waals surface area contributed by atoms with Crippen LogP contribution in [0.15, 0.2) is 28.6 Å². The van der Waals surface area contributed by atoms with Gasteiger partial charge in [-0.05, 0) is 37.0 Å². The van der Waals surface area contributed by atoms with E-state index in [1.54, 1.807) is 0 Å². The first-order valence-corrected chi connectivity index (χ1v) is 10.7. The number of aromatic nitrogens is 2. The van der Waals surface area contributed by atoms with Gasteiger partial charge in [-0.3, -0.25) is 4.79 Å². The van der Waals surface area contributed by atoms with Crippen LogP contribution in [0.2, 0.25) is 0 Å². The molecule has 0 aliphatic carbocycles. The maximum absolute atomic E-state index is 12.2. The Morgan fingerprint density at radius 2 is 1.88 bits per heavy atom. The van der Waals surface area contributed by atoms with Gasteiger partial charge in [0.25, 0.3) is 10.0 Å². The molecule has 1 amide bonds. The number of hydrogen-bond donors (Lipinski definition) is 2. The first kappa shape index (κ1) is 18.7. The topological polar surface area (TPSA) is 104 Å². The third-order valence-corrected chi connectivity index (χ3v) is 6.70. The van der Waals surface area contributed by atoms with Crippen LogP contribution in [-0.2, 0) is 21.2 Å². The minimum atomic E-state index is -3.73. The summed E-state index contributed by atoms with van der Waals surface area (Å²) in [4.78, 5) is 13.3. The van der Waals surface area contributed by atoms with Crippen LogP contribution in [0.3, 0.4) is 0 Å². The van der Waals surface area contributed by atoms with E-state index in [1.165, 1.54) is 25.5 Å². The van der Waals surface area contributed by atoms with Gasteiger partial charge in [0.2, 0.25) is 15.4 Å². The standard InChI is InChI=1S/C16H21N5O3S2/c1-12(22)18-15-19-20-16(25-15)26(23,24)17-9-8-13-4-6-14(7-5-13)21-10-2-3-11-21/h4-7,17H,2-3,8-11H2,1H3,(H,18,19,22). The van der Waals surface area contributed by atoms with Crippen molar-refractivity contribution >= 4 is 38.1 Å². The van der Waals surface area contributed by atoms with Gasteiger partial charge < -0.3 is 10.2 Å². The van der Waals surface area contributed by atoms with Crippen LogP contribution in [-0.4, -0.2) is 44.2 Å². The lowest BCUT2D eigenvalue weighted by atomic mass is 10.1. The van der Waals surface area contributed by atoms with Crippen LogP contribution in [0.25, 0.3) is 0 Å². The number of nitrogens with zero attached hydrogens (tertiary/aromatic N) is 3. The monoisotopic (exact) mass is 395 g/mol. The van der Waals surface area contributed by atoms with Crippen molar-refractivity contribution in [3.05, 3.63) is 29.8 Å². The Balaban J connectivity index is 1.53. The molecule has 8 nitrogen and oxygen atoms in total. The van der Waals surface area contributed by atoms with E-state index in [4.69, 9.17) is 0 Å². The fraction of sp³-hybridized carbons (Fsp3) is 0.438. The normalized spacial score (nSPS) is 14.6. The third kappa shape index (κ3) is 4.77. The van der Waals surface area contributed by atoms with Crippen molar-refractivity contribution in [1.82, 2.24) is 14.9 Å². The van der Waals surface area contributed by atoms with E-state index in [-0.39, 0.29) is 21.9 Å². The summed E-state index contributed by atoms with van der Waals surface area (Å²) in [6, 6.07) is 8.22. The molecule has 2 heterocycles. The molecular formula is C16H21N5O3S2. The fourth-order valence-corrected chi connectivity index (χ4v) is 4.78. The molecule has 0 spiro atoms. The lowest BCUT2D eigenvalue weighted by Gasteiger charge is -2.17. The molecule has 10 heteroatoms. The summed E-state index contributed by atoms with van der Waals surface area (Å²) >= 11 is 0.820. The van der Waals surface area contributed by atoms with Gasteiger partial charge in [0.15, 0.2) is 0 Å². The summed E-state index contributed by atoms with van der Waals surface area (Å²) in [5, 5.41) is 9.85. The Bertz CT molecular complexity index is 858. The number of rotatable bonds is 7. The van der Waals surface area contributed by atoms with E-state index in [1.807, 2.05) is 12.1 Å². The number of hydrogen-bond acceptors (Lipinski definition) is 7. The second kappa shape index (κ2) is 8.11. The predicted octanol–water partition coefficient (Wildman–Crippen LogP) is 1.62. The molecule has 0 atom stereocenters. The van der Waals surface area contributed by atoms with Crippen molar-refractivity contribution in [1.29, 1.82) is 0 Å². The third-order valence-electron chi connectivity index (χ3n) is 4.03. The molecule has 1 aromatic heterocycles. The summed E-state index contributed by atoms with van der Waals surface area (Å²) in [6.45, 7) is 3.78. The zero-order valence-corrected chi connectivity index (χ0v) is 16.1. The first-order chi connectivity index (χ1) is 12.4. The molecule has 26 heavy (non-hydrogen) atoms. The van der Waals surface area contributed by atoms with Crippen molar-refractivity contribution in [3.63, 3.8) is 0 Å². The highest BCUT2D eigenvalue weighted by Crippen LogP contribution is 2.21. The molecule has 0 saturated carbocycles. The molecule has 1 aromatic carbocycles. The largest absolute Gasteiger partial charge is 0.372 e. The summed E-state index contributed by atoms with van der Waals surface area (Å²) in [7, 11) is -3.73. The Kier molecular flexibility index (Phi) is 5.84. The van der Waals surface area contributed by atoms with Crippen molar-refractivity contribution in [2.24, 2.45) is 0 Å². The van der Waals surface area contributed by atoms with Crippen LogP contribution in [0, 0.1) is 0 Å². The number of amides is 1. The number of anilines is 2. The van der Waals surface area contributed by atoms with E-state index in [0.29, 0.717) is 6.42 Å². The van der Waals surface area contributed by atoms with Crippen molar-refractivity contribution in [3.8, 4) is 0 Å². The predicted molar refractivity (Wildman–Crippen MR) is 101 cm³/mol. The highest BCUT2D eigenvalue weighted by molar-refractivity contribution is 7.91. The molecule has 1 fully saturated rings. The smallest absolute Gasteiger partial charge is 0.269 e. The van der Waals surface area contributed by atoms with Crippen LogP contribution >= 0.6 is 11.3 Å². The van der Waals surface area contributed by atoms with Gasteiger partial charge in [-0.2, -0.15) is 0 Å². The van der Waals surface area contributed by atoms with Crippen LogP contribution in [0.5, 0.6) is 0 Å². The van der Waals surface area contributed by atoms with E-state index < -0.39 is 10.0 Å². The summed E-state index contributed by atoms with van der Waals surface area (Å²) in [5.41, 5.74) is 2.28. The van der Waals surface area contributed by atoms with Crippen LogP contribution in [0.4, 0.5) is 10.8 Å². The Morgan fingerprint density at radius 1 is 1.19 bits per heavy atom. The van der Waals surface area contributed by atoms with Crippen molar-refractivity contribution in [2.45, 2.75) is 30.5 Å². The summed E-state index contributed by atoms with van der Waals surface area (Å²) in [5.74, 6) is -0.324. The average Bonchev–Trinajstić information content (AvgIpc) is 3.27. The molecule has 0 unspecified atom stereocenters. The van der Waals surface area contributed by atoms with Gasteiger partial charge >= 0.3 is 0 Å². The minimum Gasteiger partial charge on any atom is -0.372 e. The summed E-state index contributed by atoms with van der Waals surface area (Å²) < 4.78 is 26.8. The molecule has 3 rings (SSSR count). The fourth-order valence-electron chi connectivity index (χ4n) is 2.76. The molecule has 140 valence electrons. The van der Waals surface area contributed by atoms with Gasteiger partial charge in [0, 0.05) is 32.2 Å². The van der Waals surface area contributed by atoms with Gasteiger partial charge in [0.1, 0.15) is 0 Å². The Labute approximate surface area is 156 Å². The second-order valence-corrected chi connectivity index (χ2v) is 8.98. The van der Waals surface area contributed by atoms with Gasteiger partial charge in [-0.15, -0.1) is 10.2 Å². The lowest BCUT2D eigenvalue weighted by molar-refractivity contribution is -0.114. The van der Waals surface area contributed by atoms with E-state index in [2.05, 4.69) is 37.3 Å². The summed E-state index contributed by atoms with van der Waals surface area (Å²) in [6.07, 6.45) is 3.05. The van der Waals surface area contributed by atoms with Gasteiger partial charge in [-0.1, -0.05) is 23.5 Å². The molecule has 2 N–H and O–H groups in total. The SMILES string of the molecule is CC(=O)Nc1nnc(S(=O)(=O)NCCc2ccc(N3CCCC3)cc2)s1. The highest BCUT2D eigenvalue weighted by Gasteiger charge is 2.20. The van der Waals surface area contributed by atoms with E-state index in [9.17, 15) is 13.2 Å². The number of benzene rings is 1. The number of sulfonamides is 1. The Morgan fingerprint density at radius 3 is 2.54 bits per heavy atom. The highest BCUT2D eigenvalue weighted by atomic mass is 32.2. The molecule has 1 saturated heterocycles. The lowest BCUT2D eigenvalue weighted by Crippen LogP contribution is -2.26. The van der Waals surface area contributed by atoms with Crippen molar-refractivity contribution < 1.29 is 13.2 Å². The maximum Gasteiger partial charge on any atom is 0.269 e. The minimum absolute atomic E-state index is 0.161. The van der Waals surface area contributed by atoms with Gasteiger partial charge in [0.05, 0.1) is 0 Å². The molecule has 0 radical (unpaired) electrons. The molecular weight excluding hydrogens is 374 g/mol. The second-order valence-electron chi connectivity index (χ2n) is 6.06. The van der Waals surface area contributed by atoms with Gasteiger partial charge in [-0.25, -0.2) is 13.1 Å². The zero-order valence-electron chi connectivity index (χ0n) is 14.4. The molecule has 2 aromatic rings. The van der Waals surface area contributed by atoms with E-state index in [0.717, 1.165) is 30.0 Å². The van der Waals surface area contributed by atoms with Crippen LogP contribution in [0.1, 0.15) is 25.3 Å². The number of carbonyl (C=O) groups excluding carboxylic acids is 1.